The van der Waals surface area contributed by atoms with E-state index in [0.29, 0.717) is 0 Å². The highest BCUT2D eigenvalue weighted by molar-refractivity contribution is 8.13. The Hall–Kier alpha value is -1.25. The Balaban J connectivity index is 2.54. The first kappa shape index (κ1) is 16.1. The lowest BCUT2D eigenvalue weighted by Crippen LogP contribution is -2.05. The molecule has 0 amide bonds. The van der Waals surface area contributed by atoms with Crippen LogP contribution in [-0.4, -0.2) is 18.2 Å². The van der Waals surface area contributed by atoms with Gasteiger partial charge in [-0.2, -0.15) is 18.3 Å². The Morgan fingerprint density at radius 1 is 1.19 bits per heavy atom. The molecule has 2 aromatic rings. The van der Waals surface area contributed by atoms with Crippen LogP contribution in [0.15, 0.2) is 29.2 Å². The van der Waals surface area contributed by atoms with Crippen LogP contribution in [0.4, 0.5) is 13.2 Å². The van der Waals surface area contributed by atoms with Crippen molar-refractivity contribution in [3.8, 4) is 5.69 Å². The van der Waals surface area contributed by atoms with E-state index in [1.807, 2.05) is 0 Å². The van der Waals surface area contributed by atoms with Gasteiger partial charge >= 0.3 is 6.18 Å². The van der Waals surface area contributed by atoms with E-state index in [-0.39, 0.29) is 21.4 Å². The minimum absolute atomic E-state index is 0.0508. The molecular weight excluding hydrogens is 352 g/mol. The Bertz CT molecular complexity index is 783. The molecule has 0 spiro atoms. The summed E-state index contributed by atoms with van der Waals surface area (Å²) in [5.74, 6) is 0. The maximum Gasteiger partial charge on any atom is 0.416 e. The van der Waals surface area contributed by atoms with Gasteiger partial charge in [-0.3, -0.25) is 0 Å². The quantitative estimate of drug-likeness (QED) is 0.767. The van der Waals surface area contributed by atoms with Gasteiger partial charge in [-0.05, 0) is 31.2 Å². The van der Waals surface area contributed by atoms with Gasteiger partial charge < -0.3 is 0 Å². The van der Waals surface area contributed by atoms with Gasteiger partial charge in [0.25, 0.3) is 9.05 Å². The van der Waals surface area contributed by atoms with E-state index < -0.39 is 20.8 Å². The fraction of sp³-hybridized carbons (Fsp3) is 0.182. The molecular formula is C11H7Cl2F3N2O2S. The van der Waals surface area contributed by atoms with Crippen molar-refractivity contribution in [2.75, 3.05) is 0 Å². The van der Waals surface area contributed by atoms with Gasteiger partial charge in [-0.25, -0.2) is 13.1 Å². The number of aryl methyl sites for hydroxylation is 1. The Labute approximate surface area is 127 Å². The molecule has 1 aromatic heterocycles. The average Bonchev–Trinajstić information content (AvgIpc) is 2.63. The normalized spacial score (nSPS) is 12.7. The Kier molecular flexibility index (Phi) is 3.98. The fourth-order valence-corrected chi connectivity index (χ4v) is 3.66. The lowest BCUT2D eigenvalue weighted by molar-refractivity contribution is -0.137. The third-order valence-corrected chi connectivity index (χ3v) is 4.54. The molecule has 0 aliphatic heterocycles. The third kappa shape index (κ3) is 3.17. The van der Waals surface area contributed by atoms with Crippen LogP contribution in [0.5, 0.6) is 0 Å². The second-order valence-corrected chi connectivity index (χ2v) is 6.96. The molecule has 4 nitrogen and oxygen atoms in total. The van der Waals surface area contributed by atoms with Gasteiger partial charge in [0, 0.05) is 10.7 Å². The monoisotopic (exact) mass is 358 g/mol. The first-order valence-electron chi connectivity index (χ1n) is 5.39. The molecule has 0 fully saturated rings. The van der Waals surface area contributed by atoms with E-state index in [0.717, 1.165) is 28.9 Å². The van der Waals surface area contributed by atoms with Crippen molar-refractivity contribution in [2.24, 2.45) is 0 Å². The van der Waals surface area contributed by atoms with Crippen LogP contribution in [0, 0.1) is 6.92 Å². The highest BCUT2D eigenvalue weighted by Crippen LogP contribution is 2.32. The van der Waals surface area contributed by atoms with Crippen LogP contribution in [0.1, 0.15) is 11.3 Å². The molecule has 21 heavy (non-hydrogen) atoms. The van der Waals surface area contributed by atoms with Gasteiger partial charge in [0.2, 0.25) is 0 Å². The predicted molar refractivity (Wildman–Crippen MR) is 71.4 cm³/mol. The Morgan fingerprint density at radius 2 is 1.71 bits per heavy atom. The number of halogens is 5. The highest BCUT2D eigenvalue weighted by atomic mass is 35.7. The van der Waals surface area contributed by atoms with Crippen LogP contribution >= 0.6 is 22.3 Å². The second kappa shape index (κ2) is 5.19. The molecule has 0 bridgehead atoms. The summed E-state index contributed by atoms with van der Waals surface area (Å²) in [7, 11) is 1.13. The molecule has 0 aliphatic carbocycles. The highest BCUT2D eigenvalue weighted by Gasteiger charge is 2.30. The molecule has 0 atom stereocenters. The van der Waals surface area contributed by atoms with E-state index in [1.165, 1.54) is 6.92 Å². The molecule has 0 saturated carbocycles. The summed E-state index contributed by atoms with van der Waals surface area (Å²) in [5.41, 5.74) is -0.603. The zero-order valence-corrected chi connectivity index (χ0v) is 12.6. The zero-order valence-electron chi connectivity index (χ0n) is 10.3. The summed E-state index contributed by atoms with van der Waals surface area (Å²) in [5, 5.41) is 3.59. The van der Waals surface area contributed by atoms with E-state index in [2.05, 4.69) is 5.10 Å². The van der Waals surface area contributed by atoms with Gasteiger partial charge in [0.15, 0.2) is 5.15 Å². The van der Waals surface area contributed by atoms with Gasteiger partial charge in [-0.15, -0.1) is 0 Å². The van der Waals surface area contributed by atoms with Crippen molar-refractivity contribution < 1.29 is 21.6 Å². The van der Waals surface area contributed by atoms with Crippen molar-refractivity contribution in [2.45, 2.75) is 18.0 Å². The number of alkyl halides is 3. The minimum Gasteiger partial charge on any atom is -0.221 e. The van der Waals surface area contributed by atoms with E-state index in [1.54, 1.807) is 0 Å². The zero-order chi connectivity index (χ0) is 16.0. The molecule has 0 aliphatic rings. The van der Waals surface area contributed by atoms with Crippen molar-refractivity contribution in [3.63, 3.8) is 0 Å². The van der Waals surface area contributed by atoms with Gasteiger partial charge in [0.1, 0.15) is 4.90 Å². The first-order valence-corrected chi connectivity index (χ1v) is 8.08. The van der Waals surface area contributed by atoms with Crippen molar-refractivity contribution in [1.82, 2.24) is 9.78 Å². The van der Waals surface area contributed by atoms with Crippen LogP contribution in [0.3, 0.4) is 0 Å². The van der Waals surface area contributed by atoms with Crippen LogP contribution in [0.2, 0.25) is 5.15 Å². The molecule has 0 unspecified atom stereocenters. The van der Waals surface area contributed by atoms with Crippen molar-refractivity contribution in [3.05, 3.63) is 40.7 Å². The SMILES string of the molecule is Cc1nn(-c2ccc(C(F)(F)F)cc2)c(Cl)c1S(=O)(=O)Cl. The summed E-state index contributed by atoms with van der Waals surface area (Å²) >= 11 is 5.89. The van der Waals surface area contributed by atoms with Gasteiger partial charge in [0.05, 0.1) is 16.9 Å². The number of aromatic nitrogens is 2. The lowest BCUT2D eigenvalue weighted by atomic mass is 10.2. The molecule has 114 valence electrons. The smallest absolute Gasteiger partial charge is 0.221 e. The molecule has 1 aromatic carbocycles. The molecule has 2 rings (SSSR count). The largest absolute Gasteiger partial charge is 0.416 e. The molecule has 1 heterocycles. The number of rotatable bonds is 2. The Morgan fingerprint density at radius 3 is 2.10 bits per heavy atom. The summed E-state index contributed by atoms with van der Waals surface area (Å²) in [6, 6.07) is 3.95. The summed E-state index contributed by atoms with van der Waals surface area (Å²) in [6.45, 7) is 1.38. The maximum absolute atomic E-state index is 12.5. The summed E-state index contributed by atoms with van der Waals surface area (Å²) in [6.07, 6.45) is -4.47. The molecule has 0 N–H and O–H groups in total. The predicted octanol–water partition coefficient (Wildman–Crippen LogP) is 3.78. The standard InChI is InChI=1S/C11H7Cl2F3N2O2S/c1-6-9(21(13,19)20)10(12)18(17-6)8-4-2-7(3-5-8)11(14,15)16/h2-5H,1H3. The lowest BCUT2D eigenvalue weighted by Gasteiger charge is -2.08. The van der Waals surface area contributed by atoms with Crippen LogP contribution in [-0.2, 0) is 15.2 Å². The second-order valence-electron chi connectivity index (χ2n) is 4.10. The number of benzene rings is 1. The van der Waals surface area contributed by atoms with Crippen LogP contribution in [0.25, 0.3) is 5.69 Å². The molecule has 0 radical (unpaired) electrons. The topological polar surface area (TPSA) is 52.0 Å². The van der Waals surface area contributed by atoms with E-state index >= 15 is 0 Å². The number of hydrogen-bond donors (Lipinski definition) is 0. The first-order chi connectivity index (χ1) is 9.51. The average molecular weight is 359 g/mol. The van der Waals surface area contributed by atoms with E-state index in [9.17, 15) is 21.6 Å². The van der Waals surface area contributed by atoms with Crippen molar-refractivity contribution >= 4 is 31.3 Å². The number of hydrogen-bond acceptors (Lipinski definition) is 3. The van der Waals surface area contributed by atoms with Crippen LogP contribution < -0.4 is 0 Å². The molecule has 0 saturated heterocycles. The van der Waals surface area contributed by atoms with Gasteiger partial charge in [-0.1, -0.05) is 11.6 Å². The van der Waals surface area contributed by atoms with Crippen molar-refractivity contribution in [1.29, 1.82) is 0 Å². The maximum atomic E-state index is 12.5. The molecule has 10 heteroatoms. The summed E-state index contributed by atoms with van der Waals surface area (Å²) < 4.78 is 61.2. The third-order valence-electron chi connectivity index (χ3n) is 2.63. The fourth-order valence-electron chi connectivity index (χ4n) is 1.72. The summed E-state index contributed by atoms with van der Waals surface area (Å²) in [4.78, 5) is -0.370. The number of nitrogens with zero attached hydrogens (tertiary/aromatic N) is 2. The minimum atomic E-state index is -4.47. The van der Waals surface area contributed by atoms with E-state index in [4.69, 9.17) is 22.3 Å².